The van der Waals surface area contributed by atoms with E-state index in [1.54, 1.807) is 6.20 Å². The normalized spacial score (nSPS) is 12.8. The smallest absolute Gasteiger partial charge is 0.326 e. The average molecular weight is 314 g/mol. The largest absolute Gasteiger partial charge is 0.480 e. The van der Waals surface area contributed by atoms with Gasteiger partial charge >= 0.3 is 5.97 Å². The topological polar surface area (TPSA) is 79.3 Å². The lowest BCUT2D eigenvalue weighted by Gasteiger charge is -2.21. The molecule has 0 bridgehead atoms. The number of carboxylic acid groups (broad SMARTS) is 1. The Hall–Kier alpha value is -2.43. The molecule has 1 heterocycles. The summed E-state index contributed by atoms with van der Waals surface area (Å²) in [5, 5.41) is 13.6. The number of amides is 1. The van der Waals surface area contributed by atoms with Crippen molar-refractivity contribution in [3.05, 3.63) is 42.2 Å². The van der Waals surface area contributed by atoms with Gasteiger partial charge in [-0.25, -0.2) is 4.79 Å². The van der Waals surface area contributed by atoms with E-state index in [0.717, 1.165) is 10.8 Å². The minimum atomic E-state index is -1.02. The second-order valence-electron chi connectivity index (χ2n) is 6.87. The summed E-state index contributed by atoms with van der Waals surface area (Å²) in [5.41, 5.74) is 0.407. The molecule has 122 valence electrons. The zero-order valence-electron chi connectivity index (χ0n) is 13.7. The van der Waals surface area contributed by atoms with Gasteiger partial charge in [-0.1, -0.05) is 45.0 Å². The maximum atomic E-state index is 12.5. The van der Waals surface area contributed by atoms with E-state index >= 15 is 0 Å². The van der Waals surface area contributed by atoms with Gasteiger partial charge in [-0.3, -0.25) is 9.78 Å². The van der Waals surface area contributed by atoms with E-state index in [2.05, 4.69) is 10.3 Å². The lowest BCUT2D eigenvalue weighted by atomic mass is 9.88. The first-order chi connectivity index (χ1) is 10.8. The summed E-state index contributed by atoms with van der Waals surface area (Å²) in [5.74, 6) is -1.42. The standard InChI is InChI=1S/C18H22N2O3/c1-18(2,3)9-8-15(17(22)23)20-16(21)14-11-19-10-12-6-4-5-7-13(12)14/h4-7,10-11,15H,8-9H2,1-3H3,(H,20,21)(H,22,23). The second-order valence-corrected chi connectivity index (χ2v) is 6.87. The Morgan fingerprint density at radius 1 is 1.22 bits per heavy atom. The third kappa shape index (κ3) is 4.52. The predicted molar refractivity (Wildman–Crippen MR) is 89.3 cm³/mol. The van der Waals surface area contributed by atoms with E-state index in [1.165, 1.54) is 6.20 Å². The van der Waals surface area contributed by atoms with Crippen LogP contribution in [-0.4, -0.2) is 28.0 Å². The number of carboxylic acids is 1. The number of hydrogen-bond donors (Lipinski definition) is 2. The minimum Gasteiger partial charge on any atom is -0.480 e. The first kappa shape index (κ1) is 16.9. The van der Waals surface area contributed by atoms with Crippen LogP contribution >= 0.6 is 0 Å². The van der Waals surface area contributed by atoms with Crippen molar-refractivity contribution in [2.75, 3.05) is 0 Å². The molecule has 1 aromatic heterocycles. The van der Waals surface area contributed by atoms with Gasteiger partial charge in [-0.05, 0) is 23.6 Å². The van der Waals surface area contributed by atoms with Gasteiger partial charge in [0.2, 0.25) is 0 Å². The number of carbonyl (C=O) groups excluding carboxylic acids is 1. The number of aliphatic carboxylic acids is 1. The van der Waals surface area contributed by atoms with Gasteiger partial charge < -0.3 is 10.4 Å². The van der Waals surface area contributed by atoms with E-state index in [4.69, 9.17) is 0 Å². The number of rotatable bonds is 5. The average Bonchev–Trinajstić information content (AvgIpc) is 2.49. The monoisotopic (exact) mass is 314 g/mol. The van der Waals surface area contributed by atoms with Crippen molar-refractivity contribution >= 4 is 22.6 Å². The molecule has 2 rings (SSSR count). The number of pyridine rings is 1. The summed E-state index contributed by atoms with van der Waals surface area (Å²) in [6.07, 6.45) is 4.25. The summed E-state index contributed by atoms with van der Waals surface area (Å²) in [6.45, 7) is 6.13. The van der Waals surface area contributed by atoms with Crippen LogP contribution in [0.1, 0.15) is 44.0 Å². The first-order valence-electron chi connectivity index (χ1n) is 7.64. The number of nitrogens with zero attached hydrogens (tertiary/aromatic N) is 1. The molecule has 2 aromatic rings. The molecule has 0 aliphatic carbocycles. The quantitative estimate of drug-likeness (QED) is 0.888. The van der Waals surface area contributed by atoms with E-state index < -0.39 is 17.9 Å². The number of fused-ring (bicyclic) bond motifs is 1. The second kappa shape index (κ2) is 6.77. The zero-order chi connectivity index (χ0) is 17.0. The third-order valence-corrected chi connectivity index (χ3v) is 3.70. The third-order valence-electron chi connectivity index (χ3n) is 3.70. The van der Waals surface area contributed by atoms with Crippen LogP contribution in [0.5, 0.6) is 0 Å². The molecule has 1 amide bonds. The van der Waals surface area contributed by atoms with Gasteiger partial charge in [0.05, 0.1) is 5.56 Å². The molecule has 1 atom stereocenters. The van der Waals surface area contributed by atoms with Crippen molar-refractivity contribution in [1.29, 1.82) is 0 Å². The van der Waals surface area contributed by atoms with Crippen LogP contribution < -0.4 is 5.32 Å². The number of carbonyl (C=O) groups is 2. The SMILES string of the molecule is CC(C)(C)CCC(NC(=O)c1cncc2ccccc12)C(=O)O. The van der Waals surface area contributed by atoms with Gasteiger partial charge in [0.1, 0.15) is 6.04 Å². The van der Waals surface area contributed by atoms with Crippen molar-refractivity contribution in [2.45, 2.75) is 39.7 Å². The lowest BCUT2D eigenvalue weighted by molar-refractivity contribution is -0.139. The van der Waals surface area contributed by atoms with Crippen LogP contribution in [0.2, 0.25) is 0 Å². The van der Waals surface area contributed by atoms with Crippen LogP contribution in [-0.2, 0) is 4.79 Å². The van der Waals surface area contributed by atoms with Crippen LogP contribution in [0, 0.1) is 5.41 Å². The number of aromatic nitrogens is 1. The fraction of sp³-hybridized carbons (Fsp3) is 0.389. The maximum absolute atomic E-state index is 12.5. The Bertz CT molecular complexity index is 714. The molecular weight excluding hydrogens is 292 g/mol. The molecule has 0 aliphatic rings. The molecule has 23 heavy (non-hydrogen) atoms. The fourth-order valence-corrected chi connectivity index (χ4v) is 2.37. The maximum Gasteiger partial charge on any atom is 0.326 e. The van der Waals surface area contributed by atoms with E-state index in [9.17, 15) is 14.7 Å². The molecule has 0 spiro atoms. The van der Waals surface area contributed by atoms with Crippen molar-refractivity contribution in [2.24, 2.45) is 5.41 Å². The Kier molecular flexibility index (Phi) is 4.98. The summed E-state index contributed by atoms with van der Waals surface area (Å²) < 4.78 is 0. The molecule has 0 saturated heterocycles. The lowest BCUT2D eigenvalue weighted by Crippen LogP contribution is -2.41. The molecule has 2 N–H and O–H groups in total. The Balaban J connectivity index is 2.19. The number of benzene rings is 1. The summed E-state index contributed by atoms with van der Waals surface area (Å²) in [6, 6.07) is 6.51. The van der Waals surface area contributed by atoms with Crippen LogP contribution in [0.4, 0.5) is 0 Å². The number of nitrogens with one attached hydrogen (secondary N) is 1. The molecule has 5 nitrogen and oxygen atoms in total. The van der Waals surface area contributed by atoms with Gasteiger partial charge in [0.25, 0.3) is 5.91 Å². The van der Waals surface area contributed by atoms with Crippen molar-refractivity contribution in [3.63, 3.8) is 0 Å². The van der Waals surface area contributed by atoms with Gasteiger partial charge in [-0.2, -0.15) is 0 Å². The van der Waals surface area contributed by atoms with Crippen molar-refractivity contribution < 1.29 is 14.7 Å². The predicted octanol–water partition coefficient (Wildman–Crippen LogP) is 3.24. The Morgan fingerprint density at radius 2 is 1.91 bits per heavy atom. The molecule has 0 aliphatic heterocycles. The highest BCUT2D eigenvalue weighted by molar-refractivity contribution is 6.07. The summed E-state index contributed by atoms with van der Waals surface area (Å²) in [7, 11) is 0. The van der Waals surface area contributed by atoms with Gasteiger partial charge in [-0.15, -0.1) is 0 Å². The zero-order valence-corrected chi connectivity index (χ0v) is 13.7. The van der Waals surface area contributed by atoms with E-state index in [1.807, 2.05) is 45.0 Å². The molecule has 0 saturated carbocycles. The summed E-state index contributed by atoms with van der Waals surface area (Å²) in [4.78, 5) is 28.0. The van der Waals surface area contributed by atoms with E-state index in [0.29, 0.717) is 18.4 Å². The highest BCUT2D eigenvalue weighted by Gasteiger charge is 2.24. The Morgan fingerprint density at radius 3 is 2.57 bits per heavy atom. The molecule has 1 aromatic carbocycles. The molecule has 0 radical (unpaired) electrons. The number of hydrogen-bond acceptors (Lipinski definition) is 3. The van der Waals surface area contributed by atoms with E-state index in [-0.39, 0.29) is 5.41 Å². The molecule has 0 fully saturated rings. The summed E-state index contributed by atoms with van der Waals surface area (Å²) >= 11 is 0. The van der Waals surface area contributed by atoms with Crippen LogP contribution in [0.3, 0.4) is 0 Å². The van der Waals surface area contributed by atoms with Crippen LogP contribution in [0.25, 0.3) is 10.8 Å². The highest BCUT2D eigenvalue weighted by atomic mass is 16.4. The van der Waals surface area contributed by atoms with Crippen molar-refractivity contribution in [3.8, 4) is 0 Å². The molecule has 5 heteroatoms. The molecular formula is C18H22N2O3. The molecule has 1 unspecified atom stereocenters. The van der Waals surface area contributed by atoms with Crippen molar-refractivity contribution in [1.82, 2.24) is 10.3 Å². The van der Waals surface area contributed by atoms with Gasteiger partial charge in [0, 0.05) is 17.8 Å². The minimum absolute atomic E-state index is 0.0133. The van der Waals surface area contributed by atoms with Crippen LogP contribution in [0.15, 0.2) is 36.7 Å². The fourth-order valence-electron chi connectivity index (χ4n) is 2.37. The highest BCUT2D eigenvalue weighted by Crippen LogP contribution is 2.22. The first-order valence-corrected chi connectivity index (χ1v) is 7.64. The van der Waals surface area contributed by atoms with Gasteiger partial charge in [0.15, 0.2) is 0 Å². The Labute approximate surface area is 135 Å².